The van der Waals surface area contributed by atoms with Gasteiger partial charge >= 0.3 is 12.0 Å². The molecule has 0 bridgehead atoms. The van der Waals surface area contributed by atoms with Gasteiger partial charge in [0.15, 0.2) is 0 Å². The predicted octanol–water partition coefficient (Wildman–Crippen LogP) is 2.36. The molecule has 0 unspecified atom stereocenters. The normalized spacial score (nSPS) is 20.3. The highest BCUT2D eigenvalue weighted by molar-refractivity contribution is 5.98. The number of piperazine rings is 1. The molecule has 5 rings (SSSR count). The fourth-order valence-electron chi connectivity index (χ4n) is 4.59. The van der Waals surface area contributed by atoms with Gasteiger partial charge in [-0.2, -0.15) is 0 Å². The fraction of sp³-hybridized carbons (Fsp3) is 0.320. The summed E-state index contributed by atoms with van der Waals surface area (Å²) in [6.07, 6.45) is 0. The third-order valence-corrected chi connectivity index (χ3v) is 6.53. The highest BCUT2D eigenvalue weighted by Crippen LogP contribution is 2.35. The maximum absolute atomic E-state index is 13.2. The zero-order valence-electron chi connectivity index (χ0n) is 18.8. The van der Waals surface area contributed by atoms with Crippen molar-refractivity contribution in [3.8, 4) is 0 Å². The Balaban J connectivity index is 1.29. The molecule has 2 aromatic carbocycles. The number of amides is 3. The van der Waals surface area contributed by atoms with Crippen LogP contribution in [0.3, 0.4) is 0 Å². The molecule has 0 saturated carbocycles. The SMILES string of the molecule is Cc1ccc([C@H]2NC(=O)N(CC(=O)N3CCN(c4ccc(F)cc4)CC3)C3=C2C(=O)OC3)cc1. The number of urea groups is 1. The van der Waals surface area contributed by atoms with Gasteiger partial charge in [-0.1, -0.05) is 29.8 Å². The number of aryl methyl sites for hydroxylation is 1. The van der Waals surface area contributed by atoms with E-state index in [-0.39, 0.29) is 24.9 Å². The third kappa shape index (κ3) is 4.09. The molecule has 1 fully saturated rings. The van der Waals surface area contributed by atoms with E-state index in [0.29, 0.717) is 37.4 Å². The van der Waals surface area contributed by atoms with Crippen molar-refractivity contribution in [2.75, 3.05) is 44.2 Å². The minimum absolute atomic E-state index is 0.0322. The third-order valence-electron chi connectivity index (χ3n) is 6.53. The second-order valence-corrected chi connectivity index (χ2v) is 8.66. The summed E-state index contributed by atoms with van der Waals surface area (Å²) < 4.78 is 18.4. The zero-order valence-corrected chi connectivity index (χ0v) is 18.8. The summed E-state index contributed by atoms with van der Waals surface area (Å²) >= 11 is 0. The minimum Gasteiger partial charge on any atom is -0.456 e. The largest absolute Gasteiger partial charge is 0.456 e. The Labute approximate surface area is 196 Å². The molecule has 0 spiro atoms. The Morgan fingerprint density at radius 1 is 1.03 bits per heavy atom. The van der Waals surface area contributed by atoms with Gasteiger partial charge in [0.05, 0.1) is 17.3 Å². The highest BCUT2D eigenvalue weighted by atomic mass is 19.1. The Bertz CT molecular complexity index is 1150. The molecule has 1 atom stereocenters. The van der Waals surface area contributed by atoms with Crippen molar-refractivity contribution >= 4 is 23.6 Å². The van der Waals surface area contributed by atoms with E-state index in [0.717, 1.165) is 16.8 Å². The summed E-state index contributed by atoms with van der Waals surface area (Å²) in [6, 6.07) is 12.8. The molecular weight excluding hydrogens is 439 g/mol. The number of nitrogens with zero attached hydrogens (tertiary/aromatic N) is 3. The number of cyclic esters (lactones) is 1. The summed E-state index contributed by atoms with van der Waals surface area (Å²) in [6.45, 7) is 3.94. The highest BCUT2D eigenvalue weighted by Gasteiger charge is 2.43. The summed E-state index contributed by atoms with van der Waals surface area (Å²) in [5.74, 6) is -0.968. The maximum Gasteiger partial charge on any atom is 0.338 e. The number of benzene rings is 2. The van der Waals surface area contributed by atoms with Crippen LogP contribution in [-0.4, -0.2) is 67.0 Å². The number of hydrogen-bond acceptors (Lipinski definition) is 5. The number of rotatable bonds is 4. The lowest BCUT2D eigenvalue weighted by atomic mass is 9.95. The Morgan fingerprint density at radius 2 is 1.71 bits per heavy atom. The van der Waals surface area contributed by atoms with E-state index in [2.05, 4.69) is 10.2 Å². The molecule has 2 aromatic rings. The first-order valence-electron chi connectivity index (χ1n) is 11.2. The van der Waals surface area contributed by atoms with Crippen LogP contribution in [0.2, 0.25) is 0 Å². The summed E-state index contributed by atoms with van der Waals surface area (Å²) in [5, 5.41) is 2.86. The van der Waals surface area contributed by atoms with Crippen LogP contribution in [0.1, 0.15) is 17.2 Å². The van der Waals surface area contributed by atoms with Gasteiger partial charge in [-0.15, -0.1) is 0 Å². The topological polar surface area (TPSA) is 82.2 Å². The monoisotopic (exact) mass is 464 g/mol. The molecule has 3 aliphatic rings. The van der Waals surface area contributed by atoms with Crippen LogP contribution >= 0.6 is 0 Å². The molecule has 8 nitrogen and oxygen atoms in total. The zero-order chi connectivity index (χ0) is 23.8. The van der Waals surface area contributed by atoms with Crippen LogP contribution in [0.15, 0.2) is 59.8 Å². The summed E-state index contributed by atoms with van der Waals surface area (Å²) in [7, 11) is 0. The summed E-state index contributed by atoms with van der Waals surface area (Å²) in [4.78, 5) is 43.7. The van der Waals surface area contributed by atoms with Crippen LogP contribution in [0.5, 0.6) is 0 Å². The lowest BCUT2D eigenvalue weighted by molar-refractivity contribution is -0.136. The second-order valence-electron chi connectivity index (χ2n) is 8.66. The van der Waals surface area contributed by atoms with Crippen molar-refractivity contribution in [2.24, 2.45) is 0 Å². The van der Waals surface area contributed by atoms with Gasteiger partial charge < -0.3 is 19.9 Å². The summed E-state index contributed by atoms with van der Waals surface area (Å²) in [5.41, 5.74) is 3.58. The molecule has 34 heavy (non-hydrogen) atoms. The smallest absolute Gasteiger partial charge is 0.338 e. The maximum atomic E-state index is 13.2. The Morgan fingerprint density at radius 3 is 2.38 bits per heavy atom. The van der Waals surface area contributed by atoms with Gasteiger partial charge in [-0.05, 0) is 36.8 Å². The van der Waals surface area contributed by atoms with Crippen LogP contribution in [0.25, 0.3) is 0 Å². The number of esters is 1. The van der Waals surface area contributed by atoms with Gasteiger partial charge in [-0.3, -0.25) is 9.69 Å². The van der Waals surface area contributed by atoms with E-state index < -0.39 is 18.0 Å². The van der Waals surface area contributed by atoms with Crippen molar-refractivity contribution in [2.45, 2.75) is 13.0 Å². The number of carbonyl (C=O) groups is 3. The van der Waals surface area contributed by atoms with Crippen molar-refractivity contribution < 1.29 is 23.5 Å². The molecule has 1 N–H and O–H groups in total. The van der Waals surface area contributed by atoms with Crippen LogP contribution in [-0.2, 0) is 14.3 Å². The van der Waals surface area contributed by atoms with Gasteiger partial charge in [0, 0.05) is 31.9 Å². The second kappa shape index (κ2) is 8.81. The van der Waals surface area contributed by atoms with Gasteiger partial charge in [0.1, 0.15) is 19.0 Å². The van der Waals surface area contributed by atoms with Crippen molar-refractivity contribution in [3.63, 3.8) is 0 Å². The first kappa shape index (κ1) is 21.9. The first-order chi connectivity index (χ1) is 16.4. The molecule has 176 valence electrons. The molecule has 9 heteroatoms. The number of hydrogen-bond donors (Lipinski definition) is 1. The molecule has 0 radical (unpaired) electrons. The lowest BCUT2D eigenvalue weighted by Crippen LogP contribution is -2.54. The number of ether oxygens (including phenoxy) is 1. The number of anilines is 1. The average molecular weight is 464 g/mol. The van der Waals surface area contributed by atoms with Gasteiger partial charge in [0.25, 0.3) is 0 Å². The van der Waals surface area contributed by atoms with Crippen molar-refractivity contribution in [3.05, 3.63) is 76.7 Å². The number of nitrogens with one attached hydrogen (secondary N) is 1. The van der Waals surface area contributed by atoms with E-state index in [4.69, 9.17) is 4.74 Å². The van der Waals surface area contributed by atoms with Crippen LogP contribution in [0, 0.1) is 12.7 Å². The molecular formula is C25H25FN4O4. The molecule has 0 aliphatic carbocycles. The first-order valence-corrected chi connectivity index (χ1v) is 11.2. The van der Waals surface area contributed by atoms with E-state index in [9.17, 15) is 18.8 Å². The van der Waals surface area contributed by atoms with Crippen molar-refractivity contribution in [1.29, 1.82) is 0 Å². The minimum atomic E-state index is -0.608. The Hall–Kier alpha value is -3.88. The van der Waals surface area contributed by atoms with Crippen LogP contribution in [0.4, 0.5) is 14.9 Å². The number of carbonyl (C=O) groups excluding carboxylic acids is 3. The van der Waals surface area contributed by atoms with E-state index in [1.165, 1.54) is 17.0 Å². The Kier molecular flexibility index (Phi) is 5.69. The molecule has 1 saturated heterocycles. The van der Waals surface area contributed by atoms with E-state index >= 15 is 0 Å². The van der Waals surface area contributed by atoms with E-state index in [1.807, 2.05) is 31.2 Å². The number of halogens is 1. The molecule has 3 heterocycles. The molecule has 3 amide bonds. The predicted molar refractivity (Wildman–Crippen MR) is 122 cm³/mol. The lowest BCUT2D eigenvalue weighted by Gasteiger charge is -2.38. The van der Waals surface area contributed by atoms with Crippen molar-refractivity contribution in [1.82, 2.24) is 15.1 Å². The van der Waals surface area contributed by atoms with Gasteiger partial charge in [-0.25, -0.2) is 14.0 Å². The fourth-order valence-corrected chi connectivity index (χ4v) is 4.59. The quantitative estimate of drug-likeness (QED) is 0.703. The standard InChI is InChI=1S/C25H25FN4O4/c1-16-2-4-17(5-3-16)23-22-20(15-34-24(22)32)30(25(33)27-23)14-21(31)29-12-10-28(11-13-29)19-8-6-18(26)7-9-19/h2-9,23H,10-15H2,1H3,(H,27,33)/t23-/m1/s1. The van der Waals surface area contributed by atoms with Gasteiger partial charge in [0.2, 0.25) is 5.91 Å². The molecule has 3 aliphatic heterocycles. The molecule has 0 aromatic heterocycles. The van der Waals surface area contributed by atoms with Crippen LogP contribution < -0.4 is 10.2 Å². The average Bonchev–Trinajstić information content (AvgIpc) is 3.23. The van der Waals surface area contributed by atoms with E-state index in [1.54, 1.807) is 17.0 Å².